The minimum atomic E-state index is -3.13. The average molecular weight is 639 g/mol. The van der Waals surface area contributed by atoms with Crippen molar-refractivity contribution in [2.75, 3.05) is 33.0 Å². The van der Waals surface area contributed by atoms with Crippen molar-refractivity contribution in [3.63, 3.8) is 0 Å². The number of alkyl halides is 2. The molecule has 0 spiro atoms. The van der Waals surface area contributed by atoms with Gasteiger partial charge in [-0.2, -0.15) is 0 Å². The van der Waals surface area contributed by atoms with Gasteiger partial charge in [-0.1, -0.05) is 41.9 Å². The van der Waals surface area contributed by atoms with Gasteiger partial charge in [-0.3, -0.25) is 4.79 Å². The van der Waals surface area contributed by atoms with E-state index in [1.54, 1.807) is 33.8 Å². The Morgan fingerprint density at radius 3 is 2.20 bits per heavy atom. The third-order valence-electron chi connectivity index (χ3n) is 7.43. The number of nitrogens with one attached hydrogen (secondary N) is 1. The molecule has 0 aliphatic heterocycles. The molecule has 3 rings (SSSR count). The average Bonchev–Trinajstić information content (AvgIpc) is 2.95. The number of hydrogen-bond donors (Lipinski definition) is 1. The number of amides is 2. The van der Waals surface area contributed by atoms with Crippen molar-refractivity contribution in [1.29, 1.82) is 0 Å². The van der Waals surface area contributed by atoms with E-state index in [1.165, 1.54) is 11.8 Å². The molecule has 9 nitrogen and oxygen atoms in total. The van der Waals surface area contributed by atoms with E-state index >= 15 is 0 Å². The molecule has 2 atom stereocenters. The number of ketones is 1. The van der Waals surface area contributed by atoms with Crippen molar-refractivity contribution in [1.82, 2.24) is 10.2 Å². The van der Waals surface area contributed by atoms with Gasteiger partial charge in [0.25, 0.3) is 5.92 Å². The van der Waals surface area contributed by atoms with Gasteiger partial charge in [-0.15, -0.1) is 0 Å². The van der Waals surface area contributed by atoms with Crippen molar-refractivity contribution >= 4 is 29.4 Å². The summed E-state index contributed by atoms with van der Waals surface area (Å²) < 4.78 is 50.8. The smallest absolute Gasteiger partial charge is 0.332 e. The summed E-state index contributed by atoms with van der Waals surface area (Å²) in [5, 5.41) is 2.63. The van der Waals surface area contributed by atoms with Crippen molar-refractivity contribution in [3.8, 4) is 11.5 Å². The molecule has 0 saturated heterocycles. The van der Waals surface area contributed by atoms with E-state index in [2.05, 4.69) is 5.32 Å². The molecule has 1 aliphatic carbocycles. The predicted octanol–water partition coefficient (Wildman–Crippen LogP) is 6.92. The minimum absolute atomic E-state index is 0.00179. The van der Waals surface area contributed by atoms with E-state index in [0.29, 0.717) is 5.56 Å². The molecule has 0 heterocycles. The molecule has 1 aliphatic rings. The van der Waals surface area contributed by atoms with Crippen molar-refractivity contribution in [2.45, 2.75) is 78.0 Å². The molecule has 0 aromatic heterocycles. The summed E-state index contributed by atoms with van der Waals surface area (Å²) in [5.41, 5.74) is -0.398. The van der Waals surface area contributed by atoms with Crippen LogP contribution < -0.4 is 14.8 Å². The summed E-state index contributed by atoms with van der Waals surface area (Å²) in [7, 11) is 0. The van der Waals surface area contributed by atoms with Crippen LogP contribution in [-0.2, 0) is 14.3 Å². The highest BCUT2D eigenvalue weighted by Gasteiger charge is 2.63. The van der Waals surface area contributed by atoms with E-state index < -0.39 is 42.3 Å². The zero-order valence-electron chi connectivity index (χ0n) is 26.0. The van der Waals surface area contributed by atoms with Crippen LogP contribution in [0.3, 0.4) is 0 Å². The fourth-order valence-corrected chi connectivity index (χ4v) is 5.63. The maximum atomic E-state index is 14.1. The Bertz CT molecular complexity index is 1320. The van der Waals surface area contributed by atoms with Gasteiger partial charge in [0.1, 0.15) is 11.3 Å². The first-order chi connectivity index (χ1) is 20.8. The zero-order valence-corrected chi connectivity index (χ0v) is 26.8. The Morgan fingerprint density at radius 1 is 1.02 bits per heavy atom. The second-order valence-electron chi connectivity index (χ2n) is 10.6. The fourth-order valence-electron chi connectivity index (χ4n) is 5.26. The fraction of sp³-hybridized carbons (Fsp3) is 0.531. The van der Waals surface area contributed by atoms with Crippen molar-refractivity contribution in [3.05, 3.63) is 58.1 Å². The second kappa shape index (κ2) is 15.0. The number of hydrogen-bond acceptors (Lipinski definition) is 7. The van der Waals surface area contributed by atoms with Crippen LogP contribution in [0.4, 0.5) is 13.6 Å². The van der Waals surface area contributed by atoms with Gasteiger partial charge in [0.15, 0.2) is 17.1 Å². The van der Waals surface area contributed by atoms with E-state index in [0.717, 1.165) is 5.56 Å². The van der Waals surface area contributed by atoms with Crippen LogP contribution in [0.15, 0.2) is 36.4 Å². The molecule has 1 N–H and O–H groups in total. The summed E-state index contributed by atoms with van der Waals surface area (Å²) in [5.74, 6) is -4.04. The maximum absolute atomic E-state index is 14.1. The number of benzene rings is 2. The molecule has 1 unspecified atom stereocenters. The number of halogens is 3. The number of carbonyl (C=O) groups is 3. The summed E-state index contributed by atoms with van der Waals surface area (Å²) in [6.07, 6.45) is -2.07. The van der Waals surface area contributed by atoms with Crippen molar-refractivity contribution < 1.29 is 42.1 Å². The van der Waals surface area contributed by atoms with E-state index in [1.807, 2.05) is 37.3 Å². The molecule has 1 fully saturated rings. The largest absolute Gasteiger partial charge is 0.493 e. The van der Waals surface area contributed by atoms with Crippen LogP contribution >= 0.6 is 11.6 Å². The summed E-state index contributed by atoms with van der Waals surface area (Å²) >= 11 is 6.82. The Labute approximate surface area is 262 Å². The molecule has 0 bridgehead atoms. The number of carbonyl (C=O) groups excluding carboxylic acids is 3. The SMILES string of the molecule is CCOC(=O)C1(NC(=O)N(CCO[C@@H](C)c2ccccc2)C(C)c2cc(OCC)c(C(C)=O)c(OCC)c2Cl)CC(F)(F)C1. The Hall–Kier alpha value is -3.44. The van der Waals surface area contributed by atoms with Crippen LogP contribution in [0, 0.1) is 0 Å². The van der Waals surface area contributed by atoms with Crippen LogP contribution in [-0.4, -0.2) is 67.1 Å². The third kappa shape index (κ3) is 7.98. The topological polar surface area (TPSA) is 103 Å². The maximum Gasteiger partial charge on any atom is 0.332 e. The quantitative estimate of drug-likeness (QED) is 0.167. The van der Waals surface area contributed by atoms with E-state index in [-0.39, 0.29) is 66.9 Å². The lowest BCUT2D eigenvalue weighted by atomic mass is 9.73. The number of ether oxygens (including phenoxy) is 4. The van der Waals surface area contributed by atoms with Crippen LogP contribution in [0.5, 0.6) is 11.5 Å². The Balaban J connectivity index is 2.01. The first-order valence-corrected chi connectivity index (χ1v) is 15.1. The number of urea groups is 1. The van der Waals surface area contributed by atoms with Gasteiger partial charge >= 0.3 is 12.0 Å². The molecule has 1 saturated carbocycles. The highest BCUT2D eigenvalue weighted by atomic mass is 35.5. The van der Waals surface area contributed by atoms with Gasteiger partial charge in [-0.25, -0.2) is 18.4 Å². The molecule has 12 heteroatoms. The molecule has 242 valence electrons. The summed E-state index contributed by atoms with van der Waals surface area (Å²) in [6, 6.07) is 9.47. The first-order valence-electron chi connectivity index (χ1n) is 14.7. The lowest BCUT2D eigenvalue weighted by Gasteiger charge is -2.46. The third-order valence-corrected chi connectivity index (χ3v) is 7.82. The van der Waals surface area contributed by atoms with Crippen molar-refractivity contribution in [2.24, 2.45) is 0 Å². The van der Waals surface area contributed by atoms with Crippen LogP contribution in [0.1, 0.15) is 88.0 Å². The monoisotopic (exact) mass is 638 g/mol. The molecular weight excluding hydrogens is 598 g/mol. The van der Waals surface area contributed by atoms with Gasteiger partial charge < -0.3 is 29.2 Å². The number of esters is 1. The summed E-state index contributed by atoms with van der Waals surface area (Å²) in [4.78, 5) is 40.6. The normalized spacial score (nSPS) is 16.2. The Kier molecular flexibility index (Phi) is 12.0. The zero-order chi connectivity index (χ0) is 32.7. The first kappa shape index (κ1) is 35.0. The van der Waals surface area contributed by atoms with Crippen LogP contribution in [0.25, 0.3) is 0 Å². The van der Waals surface area contributed by atoms with Gasteiger partial charge in [0.05, 0.1) is 43.6 Å². The molecule has 44 heavy (non-hydrogen) atoms. The molecule has 0 radical (unpaired) electrons. The number of nitrogens with zero attached hydrogens (tertiary/aromatic N) is 1. The molecular formula is C32H41ClF2N2O7. The van der Waals surface area contributed by atoms with Gasteiger partial charge in [0.2, 0.25) is 0 Å². The second-order valence-corrected chi connectivity index (χ2v) is 11.0. The van der Waals surface area contributed by atoms with E-state index in [4.69, 9.17) is 30.5 Å². The standard InChI is InChI=1S/C32H41ClF2N2O7/c1-7-41-25-17-24(27(33)28(42-8-2)26(25)21(5)38)20(4)37(15-16-44-22(6)23-13-11-10-12-14-23)30(40)36-31(29(39)43-9-3)18-32(34,35)19-31/h10-14,17,20,22H,7-9,15-16,18-19H2,1-6H3,(H,36,40)/t20?,22-/m0/s1. The number of Topliss-reactive ketones (excluding diaryl/α,β-unsaturated/α-hetero) is 1. The number of rotatable bonds is 15. The lowest BCUT2D eigenvalue weighted by molar-refractivity contribution is -0.181. The predicted molar refractivity (Wildman–Crippen MR) is 162 cm³/mol. The van der Waals surface area contributed by atoms with Gasteiger partial charge in [0, 0.05) is 24.9 Å². The molecule has 2 aromatic rings. The Morgan fingerprint density at radius 2 is 1.66 bits per heavy atom. The highest BCUT2D eigenvalue weighted by molar-refractivity contribution is 6.33. The van der Waals surface area contributed by atoms with E-state index in [9.17, 15) is 23.2 Å². The van der Waals surface area contributed by atoms with Crippen LogP contribution in [0.2, 0.25) is 5.02 Å². The lowest BCUT2D eigenvalue weighted by Crippen LogP contribution is -2.68. The minimum Gasteiger partial charge on any atom is -0.493 e. The highest BCUT2D eigenvalue weighted by Crippen LogP contribution is 2.47. The molecule has 2 amide bonds. The van der Waals surface area contributed by atoms with Gasteiger partial charge in [-0.05, 0) is 53.2 Å². The summed E-state index contributed by atoms with van der Waals surface area (Å²) in [6.45, 7) is 10.5. The molecule has 2 aromatic carbocycles.